The number of ether oxygens (including phenoxy) is 2. The van der Waals surface area contributed by atoms with Crippen LogP contribution in [0.5, 0.6) is 0 Å². The summed E-state index contributed by atoms with van der Waals surface area (Å²) < 4.78 is 16.6. The third kappa shape index (κ3) is 3.84. The smallest absolute Gasteiger partial charge is 0.123 e. The van der Waals surface area contributed by atoms with Crippen molar-refractivity contribution in [2.45, 2.75) is 39.0 Å². The largest absolute Gasteiger partial charge is 0.468 e. The van der Waals surface area contributed by atoms with Crippen molar-refractivity contribution in [1.82, 2.24) is 5.32 Å². The Hall–Kier alpha value is -0.840. The Labute approximate surface area is 102 Å². The molecule has 17 heavy (non-hydrogen) atoms. The Balaban J connectivity index is 1.72. The first-order valence-electron chi connectivity index (χ1n) is 6.35. The Kier molecular flexibility index (Phi) is 5.04. The zero-order chi connectivity index (χ0) is 11.9. The van der Waals surface area contributed by atoms with E-state index >= 15 is 0 Å². The van der Waals surface area contributed by atoms with E-state index in [2.05, 4.69) is 12.2 Å². The molecule has 0 aromatic carbocycles. The third-order valence-electron chi connectivity index (χ3n) is 2.96. The fraction of sp³-hybridized carbons (Fsp3) is 0.692. The maximum atomic E-state index is 5.67. The van der Waals surface area contributed by atoms with Crippen LogP contribution in [0.2, 0.25) is 0 Å². The van der Waals surface area contributed by atoms with Gasteiger partial charge in [0.25, 0.3) is 0 Å². The molecule has 96 valence electrons. The molecule has 0 radical (unpaired) electrons. The molecule has 1 aliphatic heterocycles. The monoisotopic (exact) mass is 239 g/mol. The van der Waals surface area contributed by atoms with Gasteiger partial charge in [0.2, 0.25) is 0 Å². The summed E-state index contributed by atoms with van der Waals surface area (Å²) >= 11 is 0. The van der Waals surface area contributed by atoms with Gasteiger partial charge in [-0.2, -0.15) is 0 Å². The van der Waals surface area contributed by atoms with Crippen molar-refractivity contribution >= 4 is 0 Å². The van der Waals surface area contributed by atoms with Gasteiger partial charge in [-0.15, -0.1) is 0 Å². The average Bonchev–Trinajstić information content (AvgIpc) is 2.98. The fourth-order valence-corrected chi connectivity index (χ4v) is 1.97. The highest BCUT2D eigenvalue weighted by Crippen LogP contribution is 2.15. The van der Waals surface area contributed by atoms with Gasteiger partial charge in [-0.05, 0) is 25.5 Å². The van der Waals surface area contributed by atoms with E-state index in [1.807, 2.05) is 6.07 Å². The first-order chi connectivity index (χ1) is 8.40. The topological polar surface area (TPSA) is 43.6 Å². The lowest BCUT2D eigenvalue weighted by atomic mass is 10.2. The molecule has 0 spiro atoms. The van der Waals surface area contributed by atoms with E-state index in [4.69, 9.17) is 13.9 Å². The minimum absolute atomic E-state index is 0.291. The molecule has 1 N–H and O–H groups in total. The zero-order valence-corrected chi connectivity index (χ0v) is 10.4. The van der Waals surface area contributed by atoms with Crippen LogP contribution in [0.25, 0.3) is 0 Å². The predicted molar refractivity (Wildman–Crippen MR) is 64.7 cm³/mol. The van der Waals surface area contributed by atoms with Crippen LogP contribution in [-0.2, 0) is 22.6 Å². The number of hydrogen-bond donors (Lipinski definition) is 1. The summed E-state index contributed by atoms with van der Waals surface area (Å²) in [6.45, 7) is 5.96. The van der Waals surface area contributed by atoms with Gasteiger partial charge in [0.1, 0.15) is 5.76 Å². The van der Waals surface area contributed by atoms with Gasteiger partial charge in [-0.1, -0.05) is 6.92 Å². The van der Waals surface area contributed by atoms with Crippen LogP contribution < -0.4 is 5.32 Å². The number of furan rings is 1. The molecule has 0 amide bonds. The van der Waals surface area contributed by atoms with Crippen LogP contribution in [0.3, 0.4) is 0 Å². The van der Waals surface area contributed by atoms with Gasteiger partial charge in [-0.3, -0.25) is 0 Å². The van der Waals surface area contributed by atoms with Crippen LogP contribution in [0.4, 0.5) is 0 Å². The molecule has 1 aromatic rings. The first kappa shape index (κ1) is 12.6. The van der Waals surface area contributed by atoms with E-state index in [1.165, 1.54) is 0 Å². The summed E-state index contributed by atoms with van der Waals surface area (Å²) in [5.74, 6) is 0.971. The Morgan fingerprint density at radius 3 is 3.24 bits per heavy atom. The maximum absolute atomic E-state index is 5.67. The fourth-order valence-electron chi connectivity index (χ4n) is 1.97. The van der Waals surface area contributed by atoms with Gasteiger partial charge in [-0.25, -0.2) is 0 Å². The molecule has 2 rings (SSSR count). The molecule has 1 aliphatic rings. The van der Waals surface area contributed by atoms with Crippen LogP contribution in [0.15, 0.2) is 16.7 Å². The van der Waals surface area contributed by atoms with E-state index in [1.54, 1.807) is 6.26 Å². The third-order valence-corrected chi connectivity index (χ3v) is 2.96. The quantitative estimate of drug-likeness (QED) is 0.791. The van der Waals surface area contributed by atoms with Gasteiger partial charge >= 0.3 is 0 Å². The van der Waals surface area contributed by atoms with Crippen LogP contribution in [-0.4, -0.2) is 25.9 Å². The Morgan fingerprint density at radius 2 is 2.47 bits per heavy atom. The molecule has 0 aliphatic carbocycles. The van der Waals surface area contributed by atoms with Crippen LogP contribution in [0, 0.1) is 0 Å². The summed E-state index contributed by atoms with van der Waals surface area (Å²) in [6, 6.07) is 1.97. The van der Waals surface area contributed by atoms with Crippen molar-refractivity contribution in [1.29, 1.82) is 0 Å². The average molecular weight is 239 g/mol. The summed E-state index contributed by atoms with van der Waals surface area (Å²) in [6.07, 6.45) is 4.29. The molecule has 4 heteroatoms. The van der Waals surface area contributed by atoms with Crippen molar-refractivity contribution in [3.05, 3.63) is 23.7 Å². The van der Waals surface area contributed by atoms with E-state index in [0.717, 1.165) is 43.9 Å². The predicted octanol–water partition coefficient (Wildman–Crippen LogP) is 2.08. The number of hydrogen-bond acceptors (Lipinski definition) is 4. The molecular weight excluding hydrogens is 218 g/mol. The summed E-state index contributed by atoms with van der Waals surface area (Å²) in [4.78, 5) is 0. The van der Waals surface area contributed by atoms with E-state index in [9.17, 15) is 0 Å². The molecule has 1 fully saturated rings. The second-order valence-electron chi connectivity index (χ2n) is 4.30. The van der Waals surface area contributed by atoms with E-state index in [0.29, 0.717) is 19.3 Å². The zero-order valence-electron chi connectivity index (χ0n) is 10.4. The minimum atomic E-state index is 0.291. The van der Waals surface area contributed by atoms with Crippen molar-refractivity contribution in [3.63, 3.8) is 0 Å². The second kappa shape index (κ2) is 6.79. The highest BCUT2D eigenvalue weighted by Gasteiger charge is 2.15. The Bertz CT molecular complexity index is 318. The van der Waals surface area contributed by atoms with Crippen molar-refractivity contribution in [2.75, 3.05) is 19.8 Å². The summed E-state index contributed by atoms with van der Waals surface area (Å²) in [5, 5.41) is 3.25. The molecule has 1 unspecified atom stereocenters. The first-order valence-corrected chi connectivity index (χ1v) is 6.35. The summed E-state index contributed by atoms with van der Waals surface area (Å²) in [5.41, 5.74) is 1.13. The van der Waals surface area contributed by atoms with Crippen LogP contribution in [0.1, 0.15) is 31.1 Å². The lowest BCUT2D eigenvalue weighted by Gasteiger charge is -2.10. The normalized spacial score (nSPS) is 19.9. The molecule has 1 aromatic heterocycles. The summed E-state index contributed by atoms with van der Waals surface area (Å²) in [7, 11) is 0. The highest BCUT2D eigenvalue weighted by atomic mass is 16.5. The van der Waals surface area contributed by atoms with Crippen molar-refractivity contribution < 1.29 is 13.9 Å². The van der Waals surface area contributed by atoms with E-state index in [-0.39, 0.29) is 0 Å². The SMILES string of the molecule is CCNCc1occc1COCC1CCCO1. The molecular formula is C13H21NO3. The van der Waals surface area contributed by atoms with Gasteiger partial charge in [0, 0.05) is 12.2 Å². The molecule has 0 bridgehead atoms. The molecule has 4 nitrogen and oxygen atoms in total. The number of nitrogens with one attached hydrogen (secondary N) is 1. The molecule has 1 saturated heterocycles. The number of rotatable bonds is 7. The van der Waals surface area contributed by atoms with E-state index < -0.39 is 0 Å². The minimum Gasteiger partial charge on any atom is -0.468 e. The van der Waals surface area contributed by atoms with Crippen LogP contribution >= 0.6 is 0 Å². The Morgan fingerprint density at radius 1 is 1.53 bits per heavy atom. The van der Waals surface area contributed by atoms with Gasteiger partial charge < -0.3 is 19.2 Å². The lowest BCUT2D eigenvalue weighted by Crippen LogP contribution is -2.15. The van der Waals surface area contributed by atoms with Gasteiger partial charge in [0.05, 0.1) is 32.1 Å². The van der Waals surface area contributed by atoms with Crippen molar-refractivity contribution in [2.24, 2.45) is 0 Å². The second-order valence-corrected chi connectivity index (χ2v) is 4.30. The maximum Gasteiger partial charge on any atom is 0.123 e. The molecule has 2 heterocycles. The van der Waals surface area contributed by atoms with Crippen molar-refractivity contribution in [3.8, 4) is 0 Å². The van der Waals surface area contributed by atoms with Gasteiger partial charge in [0.15, 0.2) is 0 Å². The molecule has 1 atom stereocenters. The highest BCUT2D eigenvalue weighted by molar-refractivity contribution is 5.15. The lowest BCUT2D eigenvalue weighted by molar-refractivity contribution is 0.0102. The standard InChI is InChI=1S/C13H21NO3/c1-2-14-8-13-11(5-7-17-13)9-15-10-12-4-3-6-16-12/h5,7,12,14H,2-4,6,8-10H2,1H3. The molecule has 0 saturated carbocycles.